The van der Waals surface area contributed by atoms with E-state index in [-0.39, 0.29) is 140 Å². The lowest BCUT2D eigenvalue weighted by Gasteiger charge is -2.27. The third-order valence-electron chi connectivity index (χ3n) is 15.8. The van der Waals surface area contributed by atoms with Crippen LogP contribution in [0.15, 0.2) is 47.3 Å². The second-order valence-electron chi connectivity index (χ2n) is 23.1. The van der Waals surface area contributed by atoms with Gasteiger partial charge in [-0.3, -0.25) is 43.0 Å². The molecule has 2 aliphatic rings. The number of likely N-dealkylation sites (tertiary alicyclic amines) is 1. The van der Waals surface area contributed by atoms with Gasteiger partial charge in [-0.15, -0.1) is 0 Å². The average Bonchev–Trinajstić information content (AvgIpc) is 1.54. The predicted octanol–water partition coefficient (Wildman–Crippen LogP) is 5.02. The minimum atomic E-state index is -1.21. The van der Waals surface area contributed by atoms with Crippen LogP contribution in [0.2, 0.25) is 0 Å². The van der Waals surface area contributed by atoms with Crippen molar-refractivity contribution in [3.8, 4) is 11.8 Å². The Morgan fingerprint density at radius 1 is 0.710 bits per heavy atom. The van der Waals surface area contributed by atoms with Crippen LogP contribution in [-0.2, 0) is 63.8 Å². The van der Waals surface area contributed by atoms with E-state index in [1.165, 1.54) is 41.7 Å². The number of carboxylic acid groups (broad SMARTS) is 2. The summed E-state index contributed by atoms with van der Waals surface area (Å²) in [4.78, 5) is 127. The Morgan fingerprint density at radius 3 is 1.89 bits per heavy atom. The van der Waals surface area contributed by atoms with Gasteiger partial charge in [0, 0.05) is 61.3 Å². The van der Waals surface area contributed by atoms with Gasteiger partial charge in [-0.1, -0.05) is 89.0 Å². The van der Waals surface area contributed by atoms with Crippen LogP contribution < -0.4 is 32.3 Å². The number of fused-ring (bicyclic) bond motifs is 2. The number of nitrogens with zero attached hydrogens (tertiary/aromatic N) is 6. The van der Waals surface area contributed by atoms with E-state index in [0.717, 1.165) is 63.8 Å². The number of hydrogen-bond acceptors (Lipinski definition) is 17. The van der Waals surface area contributed by atoms with Crippen LogP contribution in [0.25, 0.3) is 10.9 Å². The molecule has 6 rings (SSSR count). The lowest BCUT2D eigenvalue weighted by molar-refractivity contribution is -0.142. The molecule has 4 aromatic rings. The molecule has 0 spiro atoms. The van der Waals surface area contributed by atoms with Crippen molar-refractivity contribution in [1.82, 2.24) is 50.9 Å². The van der Waals surface area contributed by atoms with Gasteiger partial charge in [0.25, 0.3) is 5.91 Å². The summed E-state index contributed by atoms with van der Waals surface area (Å²) in [6.45, 7) is 2.20. The average molecular weight is 1360 g/mol. The molecule has 2 fully saturated rings. The monoisotopic (exact) mass is 1360 g/mol. The zero-order chi connectivity index (χ0) is 67.0. The molecule has 7 amide bonds. The summed E-state index contributed by atoms with van der Waals surface area (Å²) in [6.07, 6.45) is 17.8. The van der Waals surface area contributed by atoms with Gasteiger partial charge in [-0.05, 0) is 90.7 Å². The van der Waals surface area contributed by atoms with Crippen LogP contribution in [0, 0.1) is 30.0 Å². The number of piperidine rings is 1. The topological polar surface area (TPSA) is 377 Å². The number of rotatable bonds is 45. The van der Waals surface area contributed by atoms with Crippen LogP contribution >= 0.6 is 15.9 Å². The molecule has 4 heterocycles. The van der Waals surface area contributed by atoms with Crippen molar-refractivity contribution in [3.63, 3.8) is 0 Å². The highest BCUT2D eigenvalue weighted by atomic mass is 79.9. The molecular weight excluding hydrogens is 1280 g/mol. The Hall–Kier alpha value is -8.04. The number of hydrogen-bond donors (Lipinski definition) is 8. The van der Waals surface area contributed by atoms with Gasteiger partial charge in [-0.25, -0.2) is 24.1 Å². The molecule has 506 valence electrons. The molecule has 0 bridgehead atoms. The van der Waals surface area contributed by atoms with E-state index >= 15 is 0 Å². The van der Waals surface area contributed by atoms with Crippen LogP contribution in [-0.4, -0.2) is 184 Å². The van der Waals surface area contributed by atoms with Crippen LogP contribution in [0.4, 0.5) is 10.2 Å². The zero-order valence-electron chi connectivity index (χ0n) is 52.6. The Balaban J connectivity index is 0.781. The number of anilines is 1. The van der Waals surface area contributed by atoms with E-state index in [9.17, 15) is 52.6 Å². The van der Waals surface area contributed by atoms with Crippen molar-refractivity contribution in [1.29, 1.82) is 0 Å². The fourth-order valence-electron chi connectivity index (χ4n) is 10.8. The number of aryl methyl sites for hydroxylation is 1. The van der Waals surface area contributed by atoms with E-state index in [1.807, 2.05) is 0 Å². The van der Waals surface area contributed by atoms with E-state index in [2.05, 4.69) is 74.4 Å². The van der Waals surface area contributed by atoms with E-state index in [4.69, 9.17) is 29.8 Å². The Bertz CT molecular complexity index is 3240. The summed E-state index contributed by atoms with van der Waals surface area (Å²) < 4.78 is 37.0. The van der Waals surface area contributed by atoms with Crippen molar-refractivity contribution < 1.29 is 76.7 Å². The summed E-state index contributed by atoms with van der Waals surface area (Å²) in [5.41, 5.74) is 6.53. The molecule has 9 N–H and O–H groups in total. The van der Waals surface area contributed by atoms with Crippen molar-refractivity contribution in [2.75, 3.05) is 77.8 Å². The van der Waals surface area contributed by atoms with Gasteiger partial charge in [-0.2, -0.15) is 5.10 Å². The molecule has 29 heteroatoms. The SMILES string of the molecule is Cc1ccc(Br)nc1NC(=O)[C@@H]1C[C@@]2(CNC(=O)COCCOCCNC(=O)COCCOCCNC(=O)CC[C@H](NC(=O)CCCCCCCCCCCCCCCCC(=O)O)C(=O)O)C[C@H]2N1C(=O)Cn1nc(C(N)=O)c2cc(C#Cc3ncc(F)cn3)ccc21. The fraction of sp³-hybridized carbons (Fsp3) is 0.578. The number of aromatic nitrogens is 5. The maximum atomic E-state index is 14.4. The molecule has 0 radical (unpaired) electrons. The molecular formula is C64H86BrFN12O15. The van der Waals surface area contributed by atoms with Crippen LogP contribution in [0.5, 0.6) is 0 Å². The molecule has 1 aromatic carbocycles. The highest BCUT2D eigenvalue weighted by Crippen LogP contribution is 2.59. The number of aliphatic carboxylic acids is 2. The summed E-state index contributed by atoms with van der Waals surface area (Å²) in [5.74, 6) is 0.124. The Morgan fingerprint density at radius 2 is 1.29 bits per heavy atom. The number of carbonyl (C=O) groups is 9. The molecule has 4 atom stereocenters. The summed E-state index contributed by atoms with van der Waals surface area (Å²) in [5, 5.41) is 36.6. The van der Waals surface area contributed by atoms with Gasteiger partial charge in [0.15, 0.2) is 11.5 Å². The maximum Gasteiger partial charge on any atom is 0.326 e. The third-order valence-corrected chi connectivity index (χ3v) is 16.3. The van der Waals surface area contributed by atoms with Crippen molar-refractivity contribution in [2.24, 2.45) is 11.1 Å². The molecule has 3 aromatic heterocycles. The lowest BCUT2D eigenvalue weighted by atomic mass is 9.99. The first-order valence-electron chi connectivity index (χ1n) is 31.7. The van der Waals surface area contributed by atoms with Gasteiger partial charge >= 0.3 is 11.9 Å². The van der Waals surface area contributed by atoms with Gasteiger partial charge in [0.2, 0.25) is 41.3 Å². The largest absolute Gasteiger partial charge is 0.481 e. The van der Waals surface area contributed by atoms with Crippen molar-refractivity contribution >= 4 is 85.9 Å². The van der Waals surface area contributed by atoms with Crippen LogP contribution in [0.1, 0.15) is 156 Å². The first-order chi connectivity index (χ1) is 44.8. The second-order valence-corrected chi connectivity index (χ2v) is 23.9. The number of nitrogens with two attached hydrogens (primary N) is 1. The maximum absolute atomic E-state index is 14.4. The summed E-state index contributed by atoms with van der Waals surface area (Å²) in [7, 11) is 0. The number of amides is 7. The number of halogens is 2. The Labute approximate surface area is 547 Å². The molecule has 1 aliphatic heterocycles. The Kier molecular flexibility index (Phi) is 31.4. The minimum absolute atomic E-state index is 0.0581. The number of benzene rings is 1. The number of nitrogens with one attached hydrogen (secondary N) is 5. The molecule has 27 nitrogen and oxygen atoms in total. The standard InChI is InChI=1S/C64H86BrFN12O15/c1-43-18-23-51(65)74-61(43)75-62(87)49-35-64(36-50(64)78(49)57(83)39-77-48-22-19-44(34-46(48)59(76-77)60(67)86)20-24-52-70-37-45(66)38-71-52)42-72-56(82)41-93-33-31-91-29-27-69-55(81)40-92-32-30-90-28-26-68-53(79)25-21-47(63(88)89)73-54(80)16-14-12-10-8-6-4-2-3-5-7-9-11-13-15-17-58(84)85/h18-19,22-23,34,37-38,47,49-50H,2-17,21,25-33,35-36,39-42H2,1H3,(H2,67,86)(H,68,79)(H,69,81)(H,72,82)(H,73,80)(H,84,85)(H,88,89)(H,74,75,87)/t47-,49-,50+,64-/m0/s1. The molecule has 1 saturated heterocycles. The first kappa shape index (κ1) is 74.0. The van der Waals surface area contributed by atoms with E-state index in [1.54, 1.807) is 37.3 Å². The van der Waals surface area contributed by atoms with Crippen molar-refractivity contribution in [3.05, 3.63) is 75.8 Å². The normalized spacial score (nSPS) is 15.8. The number of pyridine rings is 1. The first-order valence-corrected chi connectivity index (χ1v) is 32.5. The second kappa shape index (κ2) is 39.5. The quantitative estimate of drug-likeness (QED) is 0.0164. The number of unbranched alkanes of at least 4 members (excludes halogenated alkanes) is 13. The minimum Gasteiger partial charge on any atom is -0.481 e. The fourth-order valence-corrected chi connectivity index (χ4v) is 11.1. The number of primary amides is 1. The van der Waals surface area contributed by atoms with E-state index in [0.29, 0.717) is 45.3 Å². The predicted molar refractivity (Wildman–Crippen MR) is 340 cm³/mol. The smallest absolute Gasteiger partial charge is 0.326 e. The van der Waals surface area contributed by atoms with Gasteiger partial charge in [0.05, 0.1) is 57.6 Å². The van der Waals surface area contributed by atoms with Gasteiger partial charge < -0.3 is 66.4 Å². The highest BCUT2D eigenvalue weighted by molar-refractivity contribution is 9.10. The summed E-state index contributed by atoms with van der Waals surface area (Å²) in [6, 6.07) is 5.81. The van der Waals surface area contributed by atoms with Crippen molar-refractivity contribution in [2.45, 2.75) is 160 Å². The third kappa shape index (κ3) is 26.1. The number of carboxylic acids is 2. The lowest BCUT2D eigenvalue weighted by Crippen LogP contribution is -2.47. The molecule has 0 unspecified atom stereocenters. The van der Waals surface area contributed by atoms with Gasteiger partial charge in [0.1, 0.15) is 42.3 Å². The molecule has 1 aliphatic carbocycles. The van der Waals surface area contributed by atoms with E-state index < -0.39 is 64.9 Å². The highest BCUT2D eigenvalue weighted by Gasteiger charge is 2.67. The zero-order valence-corrected chi connectivity index (χ0v) is 54.2. The number of carbonyl (C=O) groups excluding carboxylic acids is 7. The molecule has 1 saturated carbocycles. The molecule has 93 heavy (non-hydrogen) atoms. The van der Waals surface area contributed by atoms with Crippen LogP contribution in [0.3, 0.4) is 0 Å². The number of ether oxygens (including phenoxy) is 4. The summed E-state index contributed by atoms with van der Waals surface area (Å²) >= 11 is 3.34.